The van der Waals surface area contributed by atoms with Gasteiger partial charge in [0, 0.05) is 20.7 Å². The van der Waals surface area contributed by atoms with E-state index >= 15 is 0 Å². The minimum absolute atomic E-state index is 0.189. The number of carbonyl (C=O) groups excluding carboxylic acids is 2. The van der Waals surface area contributed by atoms with Crippen LogP contribution in [0.4, 0.5) is 10.7 Å². The number of imidazole rings is 1. The van der Waals surface area contributed by atoms with Crippen molar-refractivity contribution in [1.29, 1.82) is 0 Å². The summed E-state index contributed by atoms with van der Waals surface area (Å²) >= 11 is 0. The molecular formula is C17H26N5O3+. The minimum Gasteiger partial charge on any atom is -0.381 e. The summed E-state index contributed by atoms with van der Waals surface area (Å²) in [7, 11) is 3.35. The first-order chi connectivity index (χ1) is 11.9. The van der Waals surface area contributed by atoms with Gasteiger partial charge in [-0.2, -0.15) is 0 Å². The molecule has 0 bridgehead atoms. The Balaban J connectivity index is 2.05. The van der Waals surface area contributed by atoms with Crippen LogP contribution in [0.3, 0.4) is 0 Å². The van der Waals surface area contributed by atoms with E-state index in [4.69, 9.17) is 4.74 Å². The van der Waals surface area contributed by atoms with Crippen LogP contribution in [-0.2, 0) is 16.1 Å². The lowest BCUT2D eigenvalue weighted by Gasteiger charge is -2.33. The van der Waals surface area contributed by atoms with Crippen molar-refractivity contribution in [2.75, 3.05) is 27.3 Å². The summed E-state index contributed by atoms with van der Waals surface area (Å²) in [6.07, 6.45) is 1.73. The second kappa shape index (κ2) is 6.59. The van der Waals surface area contributed by atoms with Gasteiger partial charge in [0.25, 0.3) is 5.91 Å². The normalized spacial score (nSPS) is 19.4. The van der Waals surface area contributed by atoms with Gasteiger partial charge in [0.05, 0.1) is 13.2 Å². The van der Waals surface area contributed by atoms with Gasteiger partial charge in [0.2, 0.25) is 11.9 Å². The van der Waals surface area contributed by atoms with Gasteiger partial charge in [-0.15, -0.1) is 0 Å². The van der Waals surface area contributed by atoms with Gasteiger partial charge in [-0.05, 0) is 20.3 Å². The van der Waals surface area contributed by atoms with Crippen molar-refractivity contribution < 1.29 is 18.9 Å². The number of fused-ring (bicyclic) bond motifs is 3. The molecule has 0 N–H and O–H groups in total. The molecule has 0 aliphatic carbocycles. The van der Waals surface area contributed by atoms with Gasteiger partial charge in [0.1, 0.15) is 11.4 Å². The second-order valence-corrected chi connectivity index (χ2v) is 6.54. The highest BCUT2D eigenvalue weighted by molar-refractivity contribution is 6.20. The number of carbonyl (C=O) groups is 2. The molecule has 1 unspecified atom stereocenters. The van der Waals surface area contributed by atoms with E-state index in [0.29, 0.717) is 31.5 Å². The summed E-state index contributed by atoms with van der Waals surface area (Å²) in [4.78, 5) is 33.2. The zero-order valence-corrected chi connectivity index (χ0v) is 15.6. The van der Waals surface area contributed by atoms with Crippen LogP contribution in [0.25, 0.3) is 0 Å². The fraction of sp³-hybridized carbons (Fsp3) is 0.647. The van der Waals surface area contributed by atoms with Crippen molar-refractivity contribution in [3.8, 4) is 0 Å². The van der Waals surface area contributed by atoms with E-state index in [9.17, 15) is 9.59 Å². The Hall–Kier alpha value is -2.22. The lowest BCUT2D eigenvalue weighted by molar-refractivity contribution is -0.690. The molecule has 3 amide bonds. The summed E-state index contributed by atoms with van der Waals surface area (Å²) in [6.45, 7) is 7.70. The third kappa shape index (κ3) is 2.55. The molecule has 0 aromatic carbocycles. The Morgan fingerprint density at radius 1 is 1.28 bits per heavy atom. The third-order valence-corrected chi connectivity index (χ3v) is 5.08. The second-order valence-electron chi connectivity index (χ2n) is 6.54. The molecule has 1 atom stereocenters. The van der Waals surface area contributed by atoms with Crippen LogP contribution in [0.15, 0.2) is 4.99 Å². The molecule has 0 radical (unpaired) electrons. The molecule has 8 nitrogen and oxygen atoms in total. The highest BCUT2D eigenvalue weighted by Crippen LogP contribution is 2.35. The fourth-order valence-corrected chi connectivity index (χ4v) is 3.47. The van der Waals surface area contributed by atoms with E-state index < -0.39 is 6.04 Å². The van der Waals surface area contributed by atoms with Gasteiger partial charge < -0.3 is 4.74 Å². The number of amides is 3. The summed E-state index contributed by atoms with van der Waals surface area (Å²) in [5.74, 6) is 1.02. The molecule has 3 heterocycles. The molecule has 3 rings (SSSR count). The lowest BCUT2D eigenvalue weighted by atomic mass is 10.1. The van der Waals surface area contributed by atoms with Crippen LogP contribution >= 0.6 is 0 Å². The van der Waals surface area contributed by atoms with Gasteiger partial charge in [-0.25, -0.2) is 13.9 Å². The van der Waals surface area contributed by atoms with Crippen LogP contribution in [0.1, 0.15) is 37.2 Å². The number of urea groups is 1. The number of methoxy groups -OCH3 is 1. The molecule has 0 spiro atoms. The maximum atomic E-state index is 13.1. The number of ether oxygens (including phenoxy) is 1. The Morgan fingerprint density at radius 3 is 2.64 bits per heavy atom. The Kier molecular flexibility index (Phi) is 4.64. The van der Waals surface area contributed by atoms with Crippen molar-refractivity contribution in [3.63, 3.8) is 0 Å². The maximum absolute atomic E-state index is 13.1. The molecule has 25 heavy (non-hydrogen) atoms. The molecule has 2 aliphatic heterocycles. The number of amidine groups is 1. The molecule has 0 saturated carbocycles. The average molecular weight is 348 g/mol. The highest BCUT2D eigenvalue weighted by Gasteiger charge is 2.53. The minimum atomic E-state index is -0.558. The molecule has 1 aromatic heterocycles. The summed E-state index contributed by atoms with van der Waals surface area (Å²) in [5, 5.41) is 0. The Morgan fingerprint density at radius 2 is 2.00 bits per heavy atom. The van der Waals surface area contributed by atoms with Crippen LogP contribution < -0.4 is 4.57 Å². The number of likely N-dealkylation sites (N-methyl/N-ethyl adjacent to an activating group) is 1. The predicted molar refractivity (Wildman–Crippen MR) is 91.9 cm³/mol. The maximum Gasteiger partial charge on any atom is 0.402 e. The monoisotopic (exact) mass is 348 g/mol. The fourth-order valence-electron chi connectivity index (χ4n) is 3.47. The molecule has 1 fully saturated rings. The molecule has 2 aliphatic rings. The number of aliphatic imine (C=N–C) groups is 1. The number of imide groups is 1. The SMILES string of the molecule is CCCCN1C(=O)C2C(=Nc3n2c(C)c(C)[n+]3CCOC)N(C)C1=O. The zero-order chi connectivity index (χ0) is 18.3. The van der Waals surface area contributed by atoms with E-state index in [2.05, 4.69) is 4.99 Å². The first-order valence-corrected chi connectivity index (χ1v) is 8.71. The first kappa shape index (κ1) is 17.6. The van der Waals surface area contributed by atoms with Crippen molar-refractivity contribution in [2.45, 2.75) is 46.2 Å². The highest BCUT2D eigenvalue weighted by atomic mass is 16.5. The molecule has 8 heteroatoms. The Labute approximate surface area is 147 Å². The van der Waals surface area contributed by atoms with Crippen molar-refractivity contribution in [3.05, 3.63) is 11.4 Å². The van der Waals surface area contributed by atoms with Crippen molar-refractivity contribution in [2.24, 2.45) is 4.99 Å². The van der Waals surface area contributed by atoms with E-state index in [0.717, 1.165) is 24.2 Å². The van der Waals surface area contributed by atoms with Crippen LogP contribution in [0.2, 0.25) is 0 Å². The topological polar surface area (TPSA) is 71.0 Å². The standard InChI is InChI=1S/C17H26N5O3/c1-6-7-8-21-15(23)13-14(19(4)17(21)24)18-16-20(9-10-25-5)11(2)12(3)22(13)16/h13H,6-10H2,1-5H3/q+1. The number of nitrogens with zero attached hydrogens (tertiary/aromatic N) is 5. The summed E-state index contributed by atoms with van der Waals surface area (Å²) < 4.78 is 9.19. The molecule has 136 valence electrons. The molecule has 1 saturated heterocycles. The van der Waals surface area contributed by atoms with Gasteiger partial charge in [0.15, 0.2) is 0 Å². The first-order valence-electron chi connectivity index (χ1n) is 8.71. The van der Waals surface area contributed by atoms with E-state index in [1.54, 1.807) is 14.2 Å². The van der Waals surface area contributed by atoms with Crippen LogP contribution in [0.5, 0.6) is 0 Å². The lowest BCUT2D eigenvalue weighted by Crippen LogP contribution is -2.57. The van der Waals surface area contributed by atoms with Crippen molar-refractivity contribution >= 4 is 23.7 Å². The Bertz CT molecular complexity index is 752. The third-order valence-electron chi connectivity index (χ3n) is 5.08. The summed E-state index contributed by atoms with van der Waals surface area (Å²) in [5.41, 5.74) is 2.05. The number of rotatable bonds is 6. The smallest absolute Gasteiger partial charge is 0.381 e. The number of aromatic nitrogens is 2. The van der Waals surface area contributed by atoms with Gasteiger partial charge in [-0.3, -0.25) is 14.6 Å². The van der Waals surface area contributed by atoms with Crippen LogP contribution in [0, 0.1) is 13.8 Å². The quantitative estimate of drug-likeness (QED) is 0.728. The molecular weight excluding hydrogens is 322 g/mol. The van der Waals surface area contributed by atoms with E-state index in [1.165, 1.54) is 9.80 Å². The van der Waals surface area contributed by atoms with Crippen LogP contribution in [-0.4, -0.2) is 59.4 Å². The van der Waals surface area contributed by atoms with Crippen molar-refractivity contribution in [1.82, 2.24) is 14.4 Å². The van der Waals surface area contributed by atoms with Gasteiger partial charge >= 0.3 is 12.0 Å². The predicted octanol–water partition coefficient (Wildman–Crippen LogP) is 1.32. The largest absolute Gasteiger partial charge is 0.402 e. The van der Waals surface area contributed by atoms with E-state index in [1.807, 2.05) is 29.9 Å². The average Bonchev–Trinajstić information content (AvgIpc) is 3.09. The number of unbranched alkanes of at least 4 members (excludes halogenated alkanes) is 1. The number of hydrogen-bond acceptors (Lipinski definition) is 4. The summed E-state index contributed by atoms with van der Waals surface area (Å²) in [6, 6.07) is -0.853. The van der Waals surface area contributed by atoms with Gasteiger partial charge in [-0.1, -0.05) is 18.3 Å². The zero-order valence-electron chi connectivity index (χ0n) is 15.6. The van der Waals surface area contributed by atoms with E-state index in [-0.39, 0.29) is 11.9 Å². The number of hydrogen-bond donors (Lipinski definition) is 0. The molecule has 1 aromatic rings.